The minimum atomic E-state index is -0.258. The number of hydrogen-bond acceptors (Lipinski definition) is 0. The third-order valence-electron chi connectivity index (χ3n) is 1.49. The summed E-state index contributed by atoms with van der Waals surface area (Å²) in [4.78, 5) is 0. The van der Waals surface area contributed by atoms with Crippen LogP contribution < -0.4 is 0 Å². The summed E-state index contributed by atoms with van der Waals surface area (Å²) in [6, 6.07) is 2.87. The van der Waals surface area contributed by atoms with Crippen LogP contribution in [0.25, 0.3) is 0 Å². The van der Waals surface area contributed by atoms with Gasteiger partial charge in [0.1, 0.15) is 5.82 Å². The highest BCUT2D eigenvalue weighted by atomic mass is 79.9. The molecule has 0 saturated heterocycles. The summed E-state index contributed by atoms with van der Waals surface area (Å²) in [7, 11) is 0. The van der Waals surface area contributed by atoms with E-state index in [0.29, 0.717) is 21.5 Å². The topological polar surface area (TPSA) is 0 Å². The van der Waals surface area contributed by atoms with Crippen molar-refractivity contribution in [1.82, 2.24) is 0 Å². The van der Waals surface area contributed by atoms with Crippen LogP contribution in [0, 0.1) is 5.82 Å². The van der Waals surface area contributed by atoms with Crippen molar-refractivity contribution >= 4 is 27.5 Å². The van der Waals surface area contributed by atoms with Crippen LogP contribution in [0.3, 0.4) is 0 Å². The Balaban J connectivity index is 3.22. The molecule has 1 aromatic rings. The average molecular weight is 250 g/mol. The van der Waals surface area contributed by atoms with Gasteiger partial charge in [-0.15, -0.1) is 6.58 Å². The summed E-state index contributed by atoms with van der Waals surface area (Å²) >= 11 is 8.99. The van der Waals surface area contributed by atoms with E-state index in [0.717, 1.165) is 0 Å². The highest BCUT2D eigenvalue weighted by Gasteiger charge is 2.07. The predicted octanol–water partition coefficient (Wildman–Crippen LogP) is 3.97. The Morgan fingerprint density at radius 3 is 2.83 bits per heavy atom. The molecule has 0 nitrogen and oxygen atoms in total. The molecule has 0 bridgehead atoms. The van der Waals surface area contributed by atoms with Crippen LogP contribution in [0.4, 0.5) is 4.39 Å². The molecule has 0 saturated carbocycles. The van der Waals surface area contributed by atoms with E-state index in [1.165, 1.54) is 12.1 Å². The Kier molecular flexibility index (Phi) is 3.29. The van der Waals surface area contributed by atoms with Crippen molar-refractivity contribution in [2.75, 3.05) is 0 Å². The van der Waals surface area contributed by atoms with Crippen LogP contribution >= 0.6 is 27.5 Å². The predicted molar refractivity (Wildman–Crippen MR) is 53.0 cm³/mol. The molecule has 0 heterocycles. The summed E-state index contributed by atoms with van der Waals surface area (Å²) in [5.74, 6) is -0.258. The lowest BCUT2D eigenvalue weighted by Gasteiger charge is -2.04. The van der Waals surface area contributed by atoms with Gasteiger partial charge in [-0.1, -0.05) is 17.7 Å². The molecular formula is C9H7BrClF. The van der Waals surface area contributed by atoms with Crippen molar-refractivity contribution < 1.29 is 4.39 Å². The molecule has 0 unspecified atom stereocenters. The largest absolute Gasteiger partial charge is 0.207 e. The van der Waals surface area contributed by atoms with Crippen LogP contribution in [0.5, 0.6) is 0 Å². The monoisotopic (exact) mass is 248 g/mol. The van der Waals surface area contributed by atoms with Gasteiger partial charge in [-0.05, 0) is 34.5 Å². The lowest BCUT2D eigenvalue weighted by atomic mass is 10.1. The van der Waals surface area contributed by atoms with Crippen molar-refractivity contribution in [2.24, 2.45) is 0 Å². The number of benzene rings is 1. The Morgan fingerprint density at radius 2 is 2.25 bits per heavy atom. The Morgan fingerprint density at radius 1 is 1.58 bits per heavy atom. The first-order chi connectivity index (χ1) is 5.66. The zero-order valence-electron chi connectivity index (χ0n) is 6.28. The van der Waals surface area contributed by atoms with Crippen molar-refractivity contribution in [3.8, 4) is 0 Å². The Bertz CT molecular complexity index is 310. The van der Waals surface area contributed by atoms with Crippen LogP contribution in [0.1, 0.15) is 5.56 Å². The fraction of sp³-hybridized carbons (Fsp3) is 0.111. The van der Waals surface area contributed by atoms with E-state index < -0.39 is 0 Å². The van der Waals surface area contributed by atoms with Crippen LogP contribution in [-0.4, -0.2) is 0 Å². The molecule has 0 fully saturated rings. The fourth-order valence-corrected chi connectivity index (χ4v) is 1.56. The highest BCUT2D eigenvalue weighted by molar-refractivity contribution is 9.10. The van der Waals surface area contributed by atoms with Crippen LogP contribution in [-0.2, 0) is 6.42 Å². The van der Waals surface area contributed by atoms with E-state index in [-0.39, 0.29) is 5.82 Å². The molecule has 1 aromatic carbocycles. The van der Waals surface area contributed by atoms with Gasteiger partial charge in [0.25, 0.3) is 0 Å². The molecule has 64 valence electrons. The zero-order valence-corrected chi connectivity index (χ0v) is 8.62. The number of allylic oxidation sites excluding steroid dienone is 1. The zero-order chi connectivity index (χ0) is 9.14. The molecule has 0 atom stereocenters. The Labute approximate surface area is 84.2 Å². The molecule has 0 amide bonds. The lowest BCUT2D eigenvalue weighted by molar-refractivity contribution is 0.613. The smallest absolute Gasteiger partial charge is 0.127 e. The first kappa shape index (κ1) is 9.75. The van der Waals surface area contributed by atoms with Gasteiger partial charge < -0.3 is 0 Å². The minimum absolute atomic E-state index is 0.258. The molecule has 0 radical (unpaired) electrons. The number of halogens is 3. The molecule has 0 aliphatic carbocycles. The van der Waals surface area contributed by atoms with Crippen LogP contribution in [0.2, 0.25) is 5.02 Å². The summed E-state index contributed by atoms with van der Waals surface area (Å²) in [5, 5.41) is 0.522. The highest BCUT2D eigenvalue weighted by Crippen LogP contribution is 2.28. The summed E-state index contributed by atoms with van der Waals surface area (Å²) in [6.07, 6.45) is 2.12. The van der Waals surface area contributed by atoms with Gasteiger partial charge in [-0.25, -0.2) is 4.39 Å². The number of hydrogen-bond donors (Lipinski definition) is 0. The average Bonchev–Trinajstić information content (AvgIpc) is 2.06. The first-order valence-electron chi connectivity index (χ1n) is 3.40. The van der Waals surface area contributed by atoms with Crippen molar-refractivity contribution in [2.45, 2.75) is 6.42 Å². The van der Waals surface area contributed by atoms with E-state index in [2.05, 4.69) is 22.5 Å². The van der Waals surface area contributed by atoms with Gasteiger partial charge >= 0.3 is 0 Å². The number of rotatable bonds is 2. The second kappa shape index (κ2) is 4.06. The van der Waals surface area contributed by atoms with Crippen molar-refractivity contribution in [3.63, 3.8) is 0 Å². The molecule has 12 heavy (non-hydrogen) atoms. The molecule has 0 aliphatic rings. The minimum Gasteiger partial charge on any atom is -0.207 e. The van der Waals surface area contributed by atoms with E-state index in [1.807, 2.05) is 0 Å². The van der Waals surface area contributed by atoms with Crippen molar-refractivity contribution in [1.29, 1.82) is 0 Å². The van der Waals surface area contributed by atoms with E-state index in [1.54, 1.807) is 6.08 Å². The maximum atomic E-state index is 13.1. The normalized spacial score (nSPS) is 9.92. The van der Waals surface area contributed by atoms with Gasteiger partial charge in [0.15, 0.2) is 0 Å². The second-order valence-electron chi connectivity index (χ2n) is 2.31. The molecular weight excluding hydrogens is 242 g/mol. The molecule has 0 N–H and O–H groups in total. The van der Waals surface area contributed by atoms with E-state index >= 15 is 0 Å². The van der Waals surface area contributed by atoms with E-state index in [9.17, 15) is 4.39 Å². The maximum absolute atomic E-state index is 13.1. The van der Waals surface area contributed by atoms with E-state index in [4.69, 9.17) is 11.6 Å². The van der Waals surface area contributed by atoms with Gasteiger partial charge in [-0.3, -0.25) is 0 Å². The molecule has 1 rings (SSSR count). The summed E-state index contributed by atoms with van der Waals surface area (Å²) in [6.45, 7) is 3.54. The maximum Gasteiger partial charge on any atom is 0.127 e. The lowest BCUT2D eigenvalue weighted by Crippen LogP contribution is -1.90. The van der Waals surface area contributed by atoms with Gasteiger partial charge in [0.05, 0.1) is 5.02 Å². The molecule has 0 spiro atoms. The SMILES string of the molecule is C=CCc1c(F)ccc(Cl)c1Br. The second-order valence-corrected chi connectivity index (χ2v) is 3.51. The standard InChI is InChI=1S/C9H7BrClF/c1-2-3-6-8(12)5-4-7(11)9(6)10/h2,4-5H,1,3H2. The van der Waals surface area contributed by atoms with Crippen molar-refractivity contribution in [3.05, 3.63) is 45.7 Å². The van der Waals surface area contributed by atoms with Gasteiger partial charge in [0.2, 0.25) is 0 Å². The third kappa shape index (κ3) is 1.87. The molecule has 3 heteroatoms. The summed E-state index contributed by atoms with van der Waals surface area (Å²) < 4.78 is 13.7. The van der Waals surface area contributed by atoms with Crippen LogP contribution in [0.15, 0.2) is 29.3 Å². The fourth-order valence-electron chi connectivity index (χ4n) is 0.901. The summed E-state index contributed by atoms with van der Waals surface area (Å²) in [5.41, 5.74) is 0.553. The molecule has 0 aromatic heterocycles. The third-order valence-corrected chi connectivity index (χ3v) is 2.94. The first-order valence-corrected chi connectivity index (χ1v) is 4.57. The molecule has 0 aliphatic heterocycles. The quantitative estimate of drug-likeness (QED) is 0.549. The van der Waals surface area contributed by atoms with Gasteiger partial charge in [0, 0.05) is 10.0 Å². The van der Waals surface area contributed by atoms with Gasteiger partial charge in [-0.2, -0.15) is 0 Å². The Hall–Kier alpha value is -0.340.